The lowest BCUT2D eigenvalue weighted by molar-refractivity contribution is -0.150. The number of hydrogen-bond donors (Lipinski definition) is 1. The van der Waals surface area contributed by atoms with Crippen LogP contribution in [0.5, 0.6) is 0 Å². The SMILES string of the molecule is CC(=O)N[C@H](C)C(=O)OC(C)C. The van der Waals surface area contributed by atoms with Crippen molar-refractivity contribution >= 4 is 11.9 Å². The van der Waals surface area contributed by atoms with Crippen molar-refractivity contribution < 1.29 is 14.3 Å². The summed E-state index contributed by atoms with van der Waals surface area (Å²) in [5, 5.41) is 2.43. The fraction of sp³-hybridized carbons (Fsp3) is 0.750. The van der Waals surface area contributed by atoms with Crippen LogP contribution in [-0.4, -0.2) is 24.0 Å². The molecule has 12 heavy (non-hydrogen) atoms. The highest BCUT2D eigenvalue weighted by Gasteiger charge is 2.15. The zero-order valence-electron chi connectivity index (χ0n) is 7.88. The van der Waals surface area contributed by atoms with Crippen molar-refractivity contribution in [1.82, 2.24) is 5.32 Å². The van der Waals surface area contributed by atoms with Gasteiger partial charge in [0.05, 0.1) is 6.10 Å². The molecule has 0 saturated heterocycles. The van der Waals surface area contributed by atoms with Crippen molar-refractivity contribution in [3.63, 3.8) is 0 Å². The van der Waals surface area contributed by atoms with Crippen LogP contribution in [0.1, 0.15) is 27.7 Å². The van der Waals surface area contributed by atoms with Gasteiger partial charge in [-0.3, -0.25) is 4.79 Å². The van der Waals surface area contributed by atoms with Gasteiger partial charge < -0.3 is 10.1 Å². The number of carbonyl (C=O) groups excluding carboxylic acids is 2. The second kappa shape index (κ2) is 4.74. The van der Waals surface area contributed by atoms with Crippen LogP contribution < -0.4 is 5.32 Å². The predicted molar refractivity (Wildman–Crippen MR) is 44.5 cm³/mol. The van der Waals surface area contributed by atoms with E-state index in [4.69, 9.17) is 4.74 Å². The maximum atomic E-state index is 11.1. The number of nitrogens with one attached hydrogen (secondary N) is 1. The van der Waals surface area contributed by atoms with Crippen molar-refractivity contribution in [2.45, 2.75) is 39.8 Å². The first-order valence-corrected chi connectivity index (χ1v) is 3.91. The van der Waals surface area contributed by atoms with E-state index >= 15 is 0 Å². The van der Waals surface area contributed by atoms with Gasteiger partial charge in [-0.15, -0.1) is 0 Å². The Morgan fingerprint density at radius 1 is 1.25 bits per heavy atom. The largest absolute Gasteiger partial charge is 0.461 e. The Bertz CT molecular complexity index is 177. The fourth-order valence-corrected chi connectivity index (χ4v) is 0.698. The zero-order valence-corrected chi connectivity index (χ0v) is 7.88. The molecule has 4 nitrogen and oxygen atoms in total. The molecular formula is C8H15NO3. The second-order valence-corrected chi connectivity index (χ2v) is 2.91. The lowest BCUT2D eigenvalue weighted by atomic mass is 10.3. The van der Waals surface area contributed by atoms with Crippen LogP contribution in [0.25, 0.3) is 0 Å². The Kier molecular flexibility index (Phi) is 4.33. The molecule has 0 aromatic carbocycles. The fourth-order valence-electron chi connectivity index (χ4n) is 0.698. The highest BCUT2D eigenvalue weighted by atomic mass is 16.5. The molecule has 0 aliphatic carbocycles. The summed E-state index contributed by atoms with van der Waals surface area (Å²) in [5.41, 5.74) is 0. The van der Waals surface area contributed by atoms with Crippen LogP contribution in [0.15, 0.2) is 0 Å². The summed E-state index contributed by atoms with van der Waals surface area (Å²) in [4.78, 5) is 21.6. The Balaban J connectivity index is 3.85. The molecule has 4 heteroatoms. The van der Waals surface area contributed by atoms with Crippen LogP contribution in [-0.2, 0) is 14.3 Å². The number of esters is 1. The molecule has 0 aromatic heterocycles. The van der Waals surface area contributed by atoms with Crippen LogP contribution in [0.3, 0.4) is 0 Å². The lowest BCUT2D eigenvalue weighted by Crippen LogP contribution is -2.39. The highest BCUT2D eigenvalue weighted by molar-refractivity contribution is 5.82. The molecule has 0 unspecified atom stereocenters. The molecule has 0 radical (unpaired) electrons. The normalized spacial score (nSPS) is 12.4. The standard InChI is InChI=1S/C8H15NO3/c1-5(2)12-8(11)6(3)9-7(4)10/h5-6H,1-4H3,(H,9,10)/t6-/m1/s1. The molecule has 0 saturated carbocycles. The Labute approximate surface area is 72.3 Å². The van der Waals surface area contributed by atoms with Crippen molar-refractivity contribution in [3.8, 4) is 0 Å². The van der Waals surface area contributed by atoms with Crippen molar-refractivity contribution in [3.05, 3.63) is 0 Å². The van der Waals surface area contributed by atoms with E-state index in [9.17, 15) is 9.59 Å². The summed E-state index contributed by atoms with van der Waals surface area (Å²) in [6, 6.07) is -0.565. The summed E-state index contributed by atoms with van der Waals surface area (Å²) >= 11 is 0. The van der Waals surface area contributed by atoms with Crippen LogP contribution in [0.4, 0.5) is 0 Å². The van der Waals surface area contributed by atoms with E-state index in [0.717, 1.165) is 0 Å². The van der Waals surface area contributed by atoms with Crippen LogP contribution >= 0.6 is 0 Å². The number of carbonyl (C=O) groups is 2. The summed E-state index contributed by atoms with van der Waals surface area (Å²) in [6.45, 7) is 6.47. The lowest BCUT2D eigenvalue weighted by Gasteiger charge is -2.13. The quantitative estimate of drug-likeness (QED) is 0.631. The van der Waals surface area contributed by atoms with Gasteiger partial charge in [0.1, 0.15) is 6.04 Å². The van der Waals surface area contributed by atoms with Gasteiger partial charge in [-0.2, -0.15) is 0 Å². The third kappa shape index (κ3) is 4.71. The Morgan fingerprint density at radius 2 is 1.75 bits per heavy atom. The van der Waals surface area contributed by atoms with E-state index in [1.165, 1.54) is 6.92 Å². The van der Waals surface area contributed by atoms with E-state index < -0.39 is 12.0 Å². The summed E-state index contributed by atoms with van der Waals surface area (Å²) in [6.07, 6.45) is -0.145. The van der Waals surface area contributed by atoms with Gasteiger partial charge in [-0.1, -0.05) is 0 Å². The molecule has 0 aliphatic rings. The zero-order chi connectivity index (χ0) is 9.72. The topological polar surface area (TPSA) is 55.4 Å². The Morgan fingerprint density at radius 3 is 2.08 bits per heavy atom. The molecule has 0 fully saturated rings. The van der Waals surface area contributed by atoms with Gasteiger partial charge in [0.2, 0.25) is 5.91 Å². The highest BCUT2D eigenvalue weighted by Crippen LogP contribution is 1.93. The molecule has 0 spiro atoms. The molecule has 0 bridgehead atoms. The van der Waals surface area contributed by atoms with Crippen molar-refractivity contribution in [2.24, 2.45) is 0 Å². The van der Waals surface area contributed by atoms with Gasteiger partial charge in [0.25, 0.3) is 0 Å². The molecule has 1 N–H and O–H groups in total. The number of rotatable bonds is 3. The van der Waals surface area contributed by atoms with Gasteiger partial charge in [0, 0.05) is 6.92 Å². The van der Waals surface area contributed by atoms with E-state index in [1.807, 2.05) is 0 Å². The van der Waals surface area contributed by atoms with Crippen LogP contribution in [0, 0.1) is 0 Å². The van der Waals surface area contributed by atoms with Gasteiger partial charge in [-0.05, 0) is 20.8 Å². The molecule has 1 atom stereocenters. The maximum Gasteiger partial charge on any atom is 0.328 e. The van der Waals surface area contributed by atoms with Gasteiger partial charge >= 0.3 is 5.97 Å². The van der Waals surface area contributed by atoms with E-state index in [0.29, 0.717) is 0 Å². The van der Waals surface area contributed by atoms with Crippen molar-refractivity contribution in [1.29, 1.82) is 0 Å². The molecule has 0 rings (SSSR count). The first-order chi connectivity index (χ1) is 5.43. The first kappa shape index (κ1) is 10.9. The summed E-state index contributed by atoms with van der Waals surface area (Å²) in [5.74, 6) is -0.636. The third-order valence-electron chi connectivity index (χ3n) is 1.13. The summed E-state index contributed by atoms with van der Waals surface area (Å²) in [7, 11) is 0. The number of ether oxygens (including phenoxy) is 1. The van der Waals surface area contributed by atoms with Gasteiger partial charge in [-0.25, -0.2) is 4.79 Å². The average Bonchev–Trinajstić information content (AvgIpc) is 1.84. The number of amides is 1. The third-order valence-corrected chi connectivity index (χ3v) is 1.13. The van der Waals surface area contributed by atoms with E-state index in [1.54, 1.807) is 20.8 Å². The minimum Gasteiger partial charge on any atom is -0.461 e. The van der Waals surface area contributed by atoms with Crippen LogP contribution in [0.2, 0.25) is 0 Å². The monoisotopic (exact) mass is 173 g/mol. The molecule has 0 heterocycles. The van der Waals surface area contributed by atoms with Gasteiger partial charge in [0.15, 0.2) is 0 Å². The minimum absolute atomic E-state index is 0.145. The molecule has 1 amide bonds. The second-order valence-electron chi connectivity index (χ2n) is 2.91. The summed E-state index contributed by atoms with van der Waals surface area (Å²) < 4.78 is 4.86. The first-order valence-electron chi connectivity index (χ1n) is 3.91. The number of hydrogen-bond acceptors (Lipinski definition) is 3. The molecule has 70 valence electrons. The van der Waals surface area contributed by atoms with E-state index in [-0.39, 0.29) is 12.0 Å². The molecule has 0 aliphatic heterocycles. The Hall–Kier alpha value is -1.06. The maximum absolute atomic E-state index is 11.1. The predicted octanol–water partition coefficient (Wildman–Crippen LogP) is 0.463. The minimum atomic E-state index is -0.565. The molecular weight excluding hydrogens is 158 g/mol. The van der Waals surface area contributed by atoms with Crippen molar-refractivity contribution in [2.75, 3.05) is 0 Å². The van der Waals surface area contributed by atoms with E-state index in [2.05, 4.69) is 5.32 Å². The molecule has 0 aromatic rings. The average molecular weight is 173 g/mol. The smallest absolute Gasteiger partial charge is 0.328 e.